The Morgan fingerprint density at radius 1 is 1.00 bits per heavy atom. The molecule has 0 saturated heterocycles. The monoisotopic (exact) mass is 332 g/mol. The van der Waals surface area contributed by atoms with E-state index >= 15 is 0 Å². The topological polar surface area (TPSA) is 41.1 Å². The average molecular weight is 332 g/mol. The van der Waals surface area contributed by atoms with Crippen LogP contribution >= 0.6 is 0 Å². The van der Waals surface area contributed by atoms with Crippen LogP contribution in [-0.4, -0.2) is 23.7 Å². The summed E-state index contributed by atoms with van der Waals surface area (Å²) in [5, 5.41) is 2.46. The summed E-state index contributed by atoms with van der Waals surface area (Å²) in [6.07, 6.45) is -5.50. The van der Waals surface area contributed by atoms with Gasteiger partial charge in [-0.25, -0.2) is 22.4 Å². The molecule has 1 rings (SSSR count). The highest BCUT2D eigenvalue weighted by atomic mass is 19.4. The Morgan fingerprint density at radius 3 is 1.82 bits per heavy atom. The average Bonchev–Trinajstić information content (AvgIpc) is 2.31. The van der Waals surface area contributed by atoms with Crippen molar-refractivity contribution in [3.63, 3.8) is 0 Å². The van der Waals surface area contributed by atoms with Gasteiger partial charge in [0.05, 0.1) is 0 Å². The first-order valence-electron chi connectivity index (χ1n) is 5.77. The molecule has 2 N–H and O–H groups in total. The van der Waals surface area contributed by atoms with E-state index in [1.165, 1.54) is 5.32 Å². The molecule has 0 aliphatic heterocycles. The second kappa shape index (κ2) is 5.65. The van der Waals surface area contributed by atoms with Crippen LogP contribution in [0.25, 0.3) is 0 Å². The first kappa shape index (κ1) is 18.1. The predicted octanol–water partition coefficient (Wildman–Crippen LogP) is 4.06. The van der Waals surface area contributed by atoms with E-state index in [0.29, 0.717) is 0 Å². The van der Waals surface area contributed by atoms with Gasteiger partial charge in [0, 0.05) is 6.92 Å². The zero-order valence-electron chi connectivity index (χ0n) is 11.3. The van der Waals surface area contributed by atoms with Gasteiger partial charge in [-0.3, -0.25) is 0 Å². The third-order valence-corrected chi connectivity index (χ3v) is 3.01. The number of anilines is 1. The number of hydrogen-bond donors (Lipinski definition) is 2. The van der Waals surface area contributed by atoms with Gasteiger partial charge in [0.1, 0.15) is 17.3 Å². The van der Waals surface area contributed by atoms with E-state index in [0.717, 1.165) is 23.5 Å². The maximum atomic E-state index is 13.3. The second-order valence-corrected chi connectivity index (χ2v) is 4.69. The Kier molecular flexibility index (Phi) is 4.64. The molecule has 10 heteroatoms. The molecule has 0 heterocycles. The van der Waals surface area contributed by atoms with E-state index in [1.807, 2.05) is 0 Å². The molecule has 0 spiro atoms. The lowest BCUT2D eigenvalue weighted by Crippen LogP contribution is -2.66. The molecule has 2 amide bonds. The van der Waals surface area contributed by atoms with Crippen LogP contribution < -0.4 is 10.6 Å². The first-order valence-corrected chi connectivity index (χ1v) is 5.77. The Balaban J connectivity index is 3.04. The van der Waals surface area contributed by atoms with Gasteiger partial charge in [-0.1, -0.05) is 6.07 Å². The fraction of sp³-hybridized carbons (Fsp3) is 0.417. The van der Waals surface area contributed by atoms with Gasteiger partial charge in [-0.2, -0.15) is 13.2 Å². The van der Waals surface area contributed by atoms with Crippen LogP contribution in [0.2, 0.25) is 0 Å². The number of urea groups is 1. The predicted molar refractivity (Wildman–Crippen MR) is 63.6 cm³/mol. The summed E-state index contributed by atoms with van der Waals surface area (Å²) in [4.78, 5) is 11.4. The highest BCUT2D eigenvalue weighted by molar-refractivity contribution is 5.90. The first-order chi connectivity index (χ1) is 9.79. The summed E-state index contributed by atoms with van der Waals surface area (Å²) in [7, 11) is 0. The third-order valence-electron chi connectivity index (χ3n) is 3.01. The highest BCUT2D eigenvalue weighted by Crippen LogP contribution is 2.41. The molecule has 1 atom stereocenters. The molecule has 22 heavy (non-hydrogen) atoms. The number of rotatable bonds is 3. The van der Waals surface area contributed by atoms with Gasteiger partial charge < -0.3 is 10.6 Å². The number of carbonyl (C=O) groups is 1. The molecule has 1 aromatic carbocycles. The normalized spacial score (nSPS) is 15.1. The minimum atomic E-state index is -5.50. The van der Waals surface area contributed by atoms with Gasteiger partial charge in [0.25, 0.3) is 5.92 Å². The molecule has 0 saturated carbocycles. The molecule has 0 radical (unpaired) electrons. The lowest BCUT2D eigenvalue weighted by Gasteiger charge is -2.37. The van der Waals surface area contributed by atoms with Crippen LogP contribution in [0.5, 0.6) is 0 Å². The lowest BCUT2D eigenvalue weighted by atomic mass is 9.94. The molecule has 1 aromatic rings. The number of hydrogen-bond acceptors (Lipinski definition) is 1. The molecule has 0 aromatic heterocycles. The summed E-state index contributed by atoms with van der Waals surface area (Å²) < 4.78 is 91.3. The molecule has 0 bridgehead atoms. The largest absolute Gasteiger partial charge is 0.417 e. The zero-order valence-corrected chi connectivity index (χ0v) is 11.3. The van der Waals surface area contributed by atoms with Crippen molar-refractivity contribution in [2.24, 2.45) is 0 Å². The van der Waals surface area contributed by atoms with Crippen LogP contribution in [-0.2, 0) is 0 Å². The van der Waals surface area contributed by atoms with Gasteiger partial charge in [-0.05, 0) is 19.1 Å². The van der Waals surface area contributed by atoms with Gasteiger partial charge >= 0.3 is 12.2 Å². The highest BCUT2D eigenvalue weighted by Gasteiger charge is 2.65. The SMILES string of the molecule is CC(F)(F)C(C)(NC(=O)Nc1c(F)cccc1F)C(F)(F)F. The maximum absolute atomic E-state index is 13.3. The Labute approximate surface area is 120 Å². The van der Waals surface area contributed by atoms with E-state index in [2.05, 4.69) is 0 Å². The molecular weight excluding hydrogens is 321 g/mol. The summed E-state index contributed by atoms with van der Waals surface area (Å²) in [6.45, 7) is 0.0226. The van der Waals surface area contributed by atoms with Crippen LogP contribution in [0.3, 0.4) is 0 Å². The van der Waals surface area contributed by atoms with Gasteiger partial charge in [-0.15, -0.1) is 0 Å². The number of carbonyl (C=O) groups excluding carboxylic acids is 1. The smallest absolute Gasteiger partial charge is 0.319 e. The second-order valence-electron chi connectivity index (χ2n) is 4.69. The molecular formula is C12H11F7N2O. The van der Waals surface area contributed by atoms with Crippen molar-refractivity contribution < 1.29 is 35.5 Å². The molecule has 0 fully saturated rings. The standard InChI is InChI=1S/C12H11F7N2O/c1-10(11(2,15)16,12(17,18)19)21-9(22)20-8-6(13)4-3-5-7(8)14/h3-5H,1-2H3,(H2,20,21,22). The van der Waals surface area contributed by atoms with Gasteiger partial charge in [0.15, 0.2) is 5.54 Å². The quantitative estimate of drug-likeness (QED) is 0.805. The van der Waals surface area contributed by atoms with Crippen LogP contribution in [0, 0.1) is 11.6 Å². The lowest BCUT2D eigenvalue weighted by molar-refractivity contribution is -0.249. The van der Waals surface area contributed by atoms with Crippen molar-refractivity contribution in [3.05, 3.63) is 29.8 Å². The molecule has 0 aliphatic carbocycles. The van der Waals surface area contributed by atoms with Crippen molar-refractivity contribution in [1.82, 2.24) is 5.32 Å². The minimum Gasteiger partial charge on any atom is -0.319 e. The van der Waals surface area contributed by atoms with E-state index in [1.54, 1.807) is 0 Å². The molecule has 0 aliphatic rings. The van der Waals surface area contributed by atoms with Crippen molar-refractivity contribution in [3.8, 4) is 0 Å². The van der Waals surface area contributed by atoms with E-state index in [4.69, 9.17) is 0 Å². The van der Waals surface area contributed by atoms with Crippen molar-refractivity contribution in [1.29, 1.82) is 0 Å². The molecule has 124 valence electrons. The van der Waals surface area contributed by atoms with Crippen LogP contribution in [0.15, 0.2) is 18.2 Å². The van der Waals surface area contributed by atoms with Gasteiger partial charge in [0.2, 0.25) is 0 Å². The summed E-state index contributed by atoms with van der Waals surface area (Å²) in [5.41, 5.74) is -4.98. The number of alkyl halides is 5. The van der Waals surface area contributed by atoms with Crippen molar-refractivity contribution >= 4 is 11.7 Å². The molecule has 3 nitrogen and oxygen atoms in total. The number of para-hydroxylation sites is 1. The Hall–Kier alpha value is -2.00. The Bertz CT molecular complexity index is 531. The number of halogens is 7. The van der Waals surface area contributed by atoms with Crippen LogP contribution in [0.1, 0.15) is 13.8 Å². The maximum Gasteiger partial charge on any atom is 0.417 e. The van der Waals surface area contributed by atoms with E-state index < -0.39 is 41.0 Å². The summed E-state index contributed by atoms with van der Waals surface area (Å²) in [5.74, 6) is -6.92. The summed E-state index contributed by atoms with van der Waals surface area (Å²) >= 11 is 0. The fourth-order valence-corrected chi connectivity index (χ4v) is 1.42. The minimum absolute atomic E-state index is 0.0372. The third kappa shape index (κ3) is 3.42. The summed E-state index contributed by atoms with van der Waals surface area (Å²) in [6, 6.07) is 0.588. The van der Waals surface area contributed by atoms with Crippen molar-refractivity contribution in [2.45, 2.75) is 31.5 Å². The van der Waals surface area contributed by atoms with Crippen molar-refractivity contribution in [2.75, 3.05) is 5.32 Å². The molecule has 1 unspecified atom stereocenters. The number of benzene rings is 1. The zero-order chi connectivity index (χ0) is 17.3. The van der Waals surface area contributed by atoms with Crippen LogP contribution in [0.4, 0.5) is 41.2 Å². The Morgan fingerprint density at radius 2 is 1.45 bits per heavy atom. The van der Waals surface area contributed by atoms with E-state index in [-0.39, 0.29) is 13.8 Å². The van der Waals surface area contributed by atoms with E-state index in [9.17, 15) is 35.5 Å². The fourth-order valence-electron chi connectivity index (χ4n) is 1.42. The number of amides is 2. The number of nitrogens with one attached hydrogen (secondary N) is 2.